The molecule has 3 amide bonds. The highest BCUT2D eigenvalue weighted by atomic mass is 32.2. The fraction of sp³-hybridized carbons (Fsp3) is 0.121. The van der Waals surface area contributed by atoms with Gasteiger partial charge in [-0.15, -0.1) is 11.8 Å². The largest absolute Gasteiger partial charge is 0.378 e. The third-order valence-corrected chi connectivity index (χ3v) is 8.50. The van der Waals surface area contributed by atoms with E-state index in [4.69, 9.17) is 5.14 Å². The van der Waals surface area contributed by atoms with Crippen LogP contribution in [-0.2, 0) is 19.6 Å². The number of hydrogen-bond acceptors (Lipinski definition) is 7. The molecule has 0 aromatic heterocycles. The van der Waals surface area contributed by atoms with E-state index < -0.39 is 27.1 Å². The highest BCUT2D eigenvalue weighted by Gasteiger charge is 2.18. The number of sulfonamides is 1. The van der Waals surface area contributed by atoms with E-state index in [1.807, 2.05) is 49.3 Å². The van der Waals surface area contributed by atoms with Crippen molar-refractivity contribution in [3.8, 4) is 0 Å². The molecule has 4 aromatic rings. The van der Waals surface area contributed by atoms with Gasteiger partial charge in [0.2, 0.25) is 15.9 Å². The molecule has 0 saturated heterocycles. The monoisotopic (exact) mass is 643 g/mol. The summed E-state index contributed by atoms with van der Waals surface area (Å²) in [4.78, 5) is 41.9. The maximum atomic E-state index is 13.5. The molecule has 1 atom stereocenters. The van der Waals surface area contributed by atoms with Gasteiger partial charge in [-0.05, 0) is 85.3 Å². The van der Waals surface area contributed by atoms with Crippen LogP contribution in [0.2, 0.25) is 0 Å². The van der Waals surface area contributed by atoms with Crippen LogP contribution in [0.3, 0.4) is 0 Å². The first kappa shape index (κ1) is 33.0. The van der Waals surface area contributed by atoms with Crippen LogP contribution >= 0.6 is 11.8 Å². The number of carbonyl (C=O) groups excluding carboxylic acids is 3. The van der Waals surface area contributed by atoms with Gasteiger partial charge in [-0.3, -0.25) is 14.4 Å². The molecule has 232 valence electrons. The van der Waals surface area contributed by atoms with Crippen LogP contribution < -0.4 is 26.0 Å². The normalized spacial score (nSPS) is 12.1. The number of amides is 3. The molecule has 0 aliphatic rings. The summed E-state index contributed by atoms with van der Waals surface area (Å²) in [5, 5.41) is 12.9. The Kier molecular flexibility index (Phi) is 10.8. The van der Waals surface area contributed by atoms with Crippen molar-refractivity contribution in [2.75, 3.05) is 29.6 Å². The molecule has 0 spiro atoms. The Morgan fingerprint density at radius 2 is 1.49 bits per heavy atom. The van der Waals surface area contributed by atoms with Crippen molar-refractivity contribution in [1.82, 2.24) is 5.32 Å². The van der Waals surface area contributed by atoms with Crippen molar-refractivity contribution >= 4 is 62.6 Å². The summed E-state index contributed by atoms with van der Waals surface area (Å²) >= 11 is 1.27. The van der Waals surface area contributed by atoms with Gasteiger partial charge in [0, 0.05) is 41.6 Å². The Morgan fingerprint density at radius 1 is 0.822 bits per heavy atom. The molecule has 0 radical (unpaired) electrons. The van der Waals surface area contributed by atoms with E-state index in [-0.39, 0.29) is 16.5 Å². The van der Waals surface area contributed by atoms with Gasteiger partial charge in [-0.1, -0.05) is 36.4 Å². The predicted molar refractivity (Wildman–Crippen MR) is 179 cm³/mol. The van der Waals surface area contributed by atoms with Crippen LogP contribution in [0.25, 0.3) is 6.08 Å². The van der Waals surface area contributed by atoms with Gasteiger partial charge in [0.25, 0.3) is 11.8 Å². The van der Waals surface area contributed by atoms with E-state index in [9.17, 15) is 22.8 Å². The van der Waals surface area contributed by atoms with Gasteiger partial charge >= 0.3 is 0 Å². The van der Waals surface area contributed by atoms with Gasteiger partial charge in [0.1, 0.15) is 5.70 Å². The third kappa shape index (κ3) is 9.54. The van der Waals surface area contributed by atoms with Crippen LogP contribution in [0.1, 0.15) is 22.8 Å². The number of anilines is 3. The number of primary sulfonamides is 1. The summed E-state index contributed by atoms with van der Waals surface area (Å²) in [5.74, 6) is -1.25. The Morgan fingerprint density at radius 3 is 2.11 bits per heavy atom. The Balaban J connectivity index is 1.47. The van der Waals surface area contributed by atoms with Crippen LogP contribution in [0.15, 0.2) is 119 Å². The van der Waals surface area contributed by atoms with E-state index in [1.165, 1.54) is 36.0 Å². The Hall–Kier alpha value is -4.91. The summed E-state index contributed by atoms with van der Waals surface area (Å²) in [6, 6.07) is 28.7. The first-order valence-corrected chi connectivity index (χ1v) is 16.2. The van der Waals surface area contributed by atoms with Crippen molar-refractivity contribution in [2.45, 2.75) is 22.0 Å². The van der Waals surface area contributed by atoms with Crippen LogP contribution in [0.5, 0.6) is 0 Å². The minimum absolute atomic E-state index is 0.0540. The van der Waals surface area contributed by atoms with Crippen LogP contribution in [-0.4, -0.2) is 45.5 Å². The minimum Gasteiger partial charge on any atom is -0.378 e. The van der Waals surface area contributed by atoms with Crippen molar-refractivity contribution in [3.63, 3.8) is 0 Å². The molecule has 5 N–H and O–H groups in total. The first-order valence-electron chi connectivity index (χ1n) is 13.8. The number of carbonyl (C=O) groups is 3. The second-order valence-corrected chi connectivity index (χ2v) is 13.1. The van der Waals surface area contributed by atoms with Gasteiger partial charge in [-0.25, -0.2) is 13.6 Å². The second kappa shape index (κ2) is 14.7. The summed E-state index contributed by atoms with van der Waals surface area (Å²) < 4.78 is 22.9. The molecule has 0 saturated carbocycles. The molecule has 0 bridgehead atoms. The quantitative estimate of drug-likeness (QED) is 0.134. The maximum absolute atomic E-state index is 13.5. The molecule has 4 aromatic carbocycles. The average Bonchev–Trinajstić information content (AvgIpc) is 3.01. The smallest absolute Gasteiger partial charge is 0.272 e. The average molecular weight is 644 g/mol. The van der Waals surface area contributed by atoms with Crippen LogP contribution in [0.4, 0.5) is 17.1 Å². The van der Waals surface area contributed by atoms with E-state index in [0.29, 0.717) is 16.9 Å². The van der Waals surface area contributed by atoms with Gasteiger partial charge in [-0.2, -0.15) is 0 Å². The van der Waals surface area contributed by atoms with E-state index in [2.05, 4.69) is 16.0 Å². The summed E-state index contributed by atoms with van der Waals surface area (Å²) in [6.45, 7) is 1.73. The zero-order valence-corrected chi connectivity index (χ0v) is 26.5. The molecule has 10 nitrogen and oxygen atoms in total. The van der Waals surface area contributed by atoms with Crippen LogP contribution in [0, 0.1) is 0 Å². The highest BCUT2D eigenvalue weighted by molar-refractivity contribution is 8.00. The number of rotatable bonds is 11. The van der Waals surface area contributed by atoms with Gasteiger partial charge < -0.3 is 20.9 Å². The minimum atomic E-state index is -3.84. The molecule has 0 fully saturated rings. The zero-order valence-electron chi connectivity index (χ0n) is 24.9. The Labute approximate surface area is 266 Å². The lowest BCUT2D eigenvalue weighted by Crippen LogP contribution is -2.30. The predicted octanol–water partition coefficient (Wildman–Crippen LogP) is 4.93. The summed E-state index contributed by atoms with van der Waals surface area (Å²) in [5.41, 5.74) is 3.07. The van der Waals surface area contributed by atoms with E-state index in [0.717, 1.165) is 16.1 Å². The number of nitrogens with one attached hydrogen (secondary N) is 3. The van der Waals surface area contributed by atoms with E-state index in [1.54, 1.807) is 61.5 Å². The number of hydrogen-bond donors (Lipinski definition) is 4. The fourth-order valence-electron chi connectivity index (χ4n) is 4.05. The van der Waals surface area contributed by atoms with Gasteiger partial charge in [0.05, 0.1) is 10.1 Å². The SMILES string of the molecule is CC(Sc1cccc(NC(=O)/C(=C\c2ccc(N(C)C)cc2)NC(=O)c2ccccc2)c1)C(=O)Nc1ccc(S(N)(=O)=O)cc1. The van der Waals surface area contributed by atoms with Crippen molar-refractivity contribution in [2.24, 2.45) is 5.14 Å². The molecule has 0 heterocycles. The number of benzene rings is 4. The van der Waals surface area contributed by atoms with Crippen molar-refractivity contribution < 1.29 is 22.8 Å². The van der Waals surface area contributed by atoms with Crippen molar-refractivity contribution in [1.29, 1.82) is 0 Å². The highest BCUT2D eigenvalue weighted by Crippen LogP contribution is 2.27. The molecular weight excluding hydrogens is 611 g/mol. The third-order valence-electron chi connectivity index (χ3n) is 6.47. The zero-order chi connectivity index (χ0) is 32.6. The van der Waals surface area contributed by atoms with Gasteiger partial charge in [0.15, 0.2) is 0 Å². The number of thioether (sulfide) groups is 1. The van der Waals surface area contributed by atoms with Crippen molar-refractivity contribution in [3.05, 3.63) is 120 Å². The standard InChI is InChI=1S/C33H33N5O5S2/c1-22(31(39)35-25-14-18-29(19-15-25)45(34,42)43)44-28-11-7-10-26(21-28)36-33(41)30(37-32(40)24-8-5-4-6-9-24)20-23-12-16-27(17-13-23)38(2)3/h4-22H,1-3H3,(H,35,39)(H,36,41)(H,37,40)(H2,34,42,43)/b30-20+. The molecule has 0 aliphatic heterocycles. The molecule has 0 aliphatic carbocycles. The molecule has 1 unspecified atom stereocenters. The lowest BCUT2D eigenvalue weighted by Gasteiger charge is -2.15. The number of nitrogens with two attached hydrogens (primary N) is 1. The molecule has 12 heteroatoms. The lowest BCUT2D eigenvalue weighted by molar-refractivity contribution is -0.115. The number of nitrogens with zero attached hydrogens (tertiary/aromatic N) is 1. The molecule has 45 heavy (non-hydrogen) atoms. The summed E-state index contributed by atoms with van der Waals surface area (Å²) in [7, 11) is 0.0275. The second-order valence-electron chi connectivity index (χ2n) is 10.2. The lowest BCUT2D eigenvalue weighted by atomic mass is 10.1. The maximum Gasteiger partial charge on any atom is 0.272 e. The first-order chi connectivity index (χ1) is 21.4. The van der Waals surface area contributed by atoms with E-state index >= 15 is 0 Å². The fourth-order valence-corrected chi connectivity index (χ4v) is 5.49. The summed E-state index contributed by atoms with van der Waals surface area (Å²) in [6.07, 6.45) is 1.61. The molecular formula is C33H33N5O5S2. The molecule has 4 rings (SSSR count). The Bertz CT molecular complexity index is 1810. The topological polar surface area (TPSA) is 151 Å².